The standard InChI is InChI=1S/C16H23NO3/c1-5-11(15(19)20)10-17-14(18)12-6-8-13(9-7-12)16(2,3)4/h6-9,11H,5,10H2,1-4H3,(H,17,18)(H,19,20). The predicted molar refractivity (Wildman–Crippen MR) is 78.9 cm³/mol. The molecule has 1 rings (SSSR count). The summed E-state index contributed by atoms with van der Waals surface area (Å²) >= 11 is 0. The lowest BCUT2D eigenvalue weighted by atomic mass is 9.86. The van der Waals surface area contributed by atoms with E-state index in [1.165, 1.54) is 0 Å². The summed E-state index contributed by atoms with van der Waals surface area (Å²) in [6, 6.07) is 7.42. The molecule has 0 aliphatic heterocycles. The van der Waals surface area contributed by atoms with Crippen molar-refractivity contribution in [1.29, 1.82) is 0 Å². The van der Waals surface area contributed by atoms with Crippen LogP contribution in [0.2, 0.25) is 0 Å². The van der Waals surface area contributed by atoms with Gasteiger partial charge in [0.2, 0.25) is 0 Å². The second kappa shape index (κ2) is 6.55. The summed E-state index contributed by atoms with van der Waals surface area (Å²) in [6.45, 7) is 8.29. The number of carbonyl (C=O) groups is 2. The van der Waals surface area contributed by atoms with Gasteiger partial charge in [-0.25, -0.2) is 0 Å². The maximum absolute atomic E-state index is 11.9. The molecule has 0 spiro atoms. The van der Waals surface area contributed by atoms with E-state index in [0.29, 0.717) is 12.0 Å². The van der Waals surface area contributed by atoms with E-state index in [-0.39, 0.29) is 17.9 Å². The monoisotopic (exact) mass is 277 g/mol. The van der Waals surface area contributed by atoms with Gasteiger partial charge >= 0.3 is 5.97 Å². The summed E-state index contributed by atoms with van der Waals surface area (Å²) in [5.41, 5.74) is 1.76. The van der Waals surface area contributed by atoms with Crippen molar-refractivity contribution in [3.63, 3.8) is 0 Å². The van der Waals surface area contributed by atoms with Gasteiger partial charge in [-0.3, -0.25) is 9.59 Å². The number of carboxylic acid groups (broad SMARTS) is 1. The Kier molecular flexibility index (Phi) is 5.31. The molecule has 1 amide bonds. The van der Waals surface area contributed by atoms with Gasteiger partial charge in [-0.05, 0) is 29.5 Å². The van der Waals surface area contributed by atoms with Crippen LogP contribution in [0.4, 0.5) is 0 Å². The summed E-state index contributed by atoms with van der Waals surface area (Å²) in [6.07, 6.45) is 0.499. The smallest absolute Gasteiger partial charge is 0.308 e. The quantitative estimate of drug-likeness (QED) is 0.869. The predicted octanol–water partition coefficient (Wildman–Crippen LogP) is 2.82. The fourth-order valence-electron chi connectivity index (χ4n) is 1.85. The van der Waals surface area contributed by atoms with Gasteiger partial charge in [0, 0.05) is 12.1 Å². The van der Waals surface area contributed by atoms with Crippen molar-refractivity contribution in [2.24, 2.45) is 5.92 Å². The molecule has 0 aromatic heterocycles. The fourth-order valence-corrected chi connectivity index (χ4v) is 1.85. The Balaban J connectivity index is 2.67. The van der Waals surface area contributed by atoms with Crippen molar-refractivity contribution in [2.45, 2.75) is 39.5 Å². The minimum atomic E-state index is -0.879. The zero-order valence-corrected chi connectivity index (χ0v) is 12.6. The van der Waals surface area contributed by atoms with Crippen LogP contribution in [0.1, 0.15) is 50.0 Å². The Morgan fingerprint density at radius 1 is 1.20 bits per heavy atom. The highest BCUT2D eigenvalue weighted by Crippen LogP contribution is 2.22. The summed E-state index contributed by atoms with van der Waals surface area (Å²) in [5.74, 6) is -1.64. The van der Waals surface area contributed by atoms with Gasteiger partial charge in [-0.15, -0.1) is 0 Å². The number of aliphatic carboxylic acids is 1. The molecule has 0 aliphatic carbocycles. The lowest BCUT2D eigenvalue weighted by Crippen LogP contribution is -2.32. The van der Waals surface area contributed by atoms with Crippen LogP contribution in [-0.4, -0.2) is 23.5 Å². The van der Waals surface area contributed by atoms with E-state index in [1.54, 1.807) is 19.1 Å². The molecule has 1 atom stereocenters. The number of carboxylic acids is 1. The molecular weight excluding hydrogens is 254 g/mol. The van der Waals surface area contributed by atoms with Gasteiger partial charge in [-0.2, -0.15) is 0 Å². The molecule has 1 aromatic rings. The minimum absolute atomic E-state index is 0.0472. The number of carbonyl (C=O) groups excluding carboxylic acids is 1. The van der Waals surface area contributed by atoms with Crippen molar-refractivity contribution >= 4 is 11.9 Å². The van der Waals surface area contributed by atoms with Crippen LogP contribution in [0.3, 0.4) is 0 Å². The average molecular weight is 277 g/mol. The lowest BCUT2D eigenvalue weighted by molar-refractivity contribution is -0.141. The molecule has 0 fully saturated rings. The van der Waals surface area contributed by atoms with Crippen LogP contribution < -0.4 is 5.32 Å². The first-order chi connectivity index (χ1) is 9.25. The Bertz CT molecular complexity index is 471. The first-order valence-corrected chi connectivity index (χ1v) is 6.87. The number of hydrogen-bond acceptors (Lipinski definition) is 2. The van der Waals surface area contributed by atoms with Gasteiger partial charge in [0.05, 0.1) is 5.92 Å². The van der Waals surface area contributed by atoms with Gasteiger partial charge in [0.1, 0.15) is 0 Å². The third-order valence-corrected chi connectivity index (χ3v) is 3.36. The first kappa shape index (κ1) is 16.2. The summed E-state index contributed by atoms with van der Waals surface area (Å²) in [4.78, 5) is 22.8. The van der Waals surface area contributed by atoms with Crippen molar-refractivity contribution in [2.75, 3.05) is 6.54 Å². The second-order valence-corrected chi connectivity index (χ2v) is 5.98. The Morgan fingerprint density at radius 2 is 1.75 bits per heavy atom. The highest BCUT2D eigenvalue weighted by molar-refractivity contribution is 5.94. The van der Waals surface area contributed by atoms with Crippen LogP contribution >= 0.6 is 0 Å². The normalized spacial score (nSPS) is 12.8. The second-order valence-electron chi connectivity index (χ2n) is 5.98. The summed E-state index contributed by atoms with van der Waals surface area (Å²) in [5, 5.41) is 11.6. The van der Waals surface area contributed by atoms with Gasteiger partial charge in [-0.1, -0.05) is 39.8 Å². The Labute approximate surface area is 120 Å². The van der Waals surface area contributed by atoms with E-state index in [1.807, 2.05) is 12.1 Å². The molecule has 4 heteroatoms. The third-order valence-electron chi connectivity index (χ3n) is 3.36. The molecule has 0 heterocycles. The van der Waals surface area contributed by atoms with Crippen molar-refractivity contribution in [1.82, 2.24) is 5.32 Å². The van der Waals surface area contributed by atoms with Gasteiger partial charge in [0.15, 0.2) is 0 Å². The van der Waals surface area contributed by atoms with Crippen LogP contribution in [0.25, 0.3) is 0 Å². The molecule has 110 valence electrons. The molecule has 0 saturated heterocycles. The molecule has 0 radical (unpaired) electrons. The van der Waals surface area contributed by atoms with E-state index in [4.69, 9.17) is 5.11 Å². The zero-order valence-electron chi connectivity index (χ0n) is 12.6. The third kappa shape index (κ3) is 4.37. The average Bonchev–Trinajstić information content (AvgIpc) is 2.38. The Hall–Kier alpha value is -1.84. The highest BCUT2D eigenvalue weighted by atomic mass is 16.4. The highest BCUT2D eigenvalue weighted by Gasteiger charge is 2.17. The topological polar surface area (TPSA) is 66.4 Å². The van der Waals surface area contributed by atoms with Gasteiger partial charge in [0.25, 0.3) is 5.91 Å². The number of rotatable bonds is 5. The van der Waals surface area contributed by atoms with E-state index in [9.17, 15) is 9.59 Å². The molecule has 20 heavy (non-hydrogen) atoms. The van der Waals surface area contributed by atoms with Crippen LogP contribution in [0, 0.1) is 5.92 Å². The molecule has 1 aromatic carbocycles. The molecule has 0 aliphatic rings. The molecule has 0 bridgehead atoms. The first-order valence-electron chi connectivity index (χ1n) is 6.87. The van der Waals surface area contributed by atoms with Crippen molar-refractivity contribution in [3.05, 3.63) is 35.4 Å². The van der Waals surface area contributed by atoms with E-state index < -0.39 is 11.9 Å². The van der Waals surface area contributed by atoms with E-state index in [0.717, 1.165) is 5.56 Å². The molecule has 2 N–H and O–H groups in total. The number of amides is 1. The minimum Gasteiger partial charge on any atom is -0.481 e. The summed E-state index contributed by atoms with van der Waals surface area (Å²) in [7, 11) is 0. The zero-order chi connectivity index (χ0) is 15.3. The SMILES string of the molecule is CCC(CNC(=O)c1ccc(C(C)(C)C)cc1)C(=O)O. The molecule has 4 nitrogen and oxygen atoms in total. The maximum atomic E-state index is 11.9. The summed E-state index contributed by atoms with van der Waals surface area (Å²) < 4.78 is 0. The van der Waals surface area contributed by atoms with Crippen LogP contribution in [0.5, 0.6) is 0 Å². The Morgan fingerprint density at radius 3 is 2.15 bits per heavy atom. The fraction of sp³-hybridized carbons (Fsp3) is 0.500. The largest absolute Gasteiger partial charge is 0.481 e. The van der Waals surface area contributed by atoms with Gasteiger partial charge < -0.3 is 10.4 Å². The van der Waals surface area contributed by atoms with Crippen molar-refractivity contribution < 1.29 is 14.7 Å². The number of nitrogens with one attached hydrogen (secondary N) is 1. The van der Waals surface area contributed by atoms with E-state index in [2.05, 4.69) is 26.1 Å². The maximum Gasteiger partial charge on any atom is 0.308 e. The molecule has 0 saturated carbocycles. The van der Waals surface area contributed by atoms with Crippen LogP contribution in [0.15, 0.2) is 24.3 Å². The van der Waals surface area contributed by atoms with Crippen LogP contribution in [-0.2, 0) is 10.2 Å². The molecule has 1 unspecified atom stereocenters. The lowest BCUT2D eigenvalue weighted by Gasteiger charge is -2.19. The number of benzene rings is 1. The number of hydrogen-bond donors (Lipinski definition) is 2. The molecular formula is C16H23NO3. The van der Waals surface area contributed by atoms with Crippen molar-refractivity contribution in [3.8, 4) is 0 Å². The van der Waals surface area contributed by atoms with E-state index >= 15 is 0 Å².